The average Bonchev–Trinajstić information content (AvgIpc) is 2.18. The third kappa shape index (κ3) is 1.74. The average molecular weight is 187 g/mol. The molecule has 0 amide bonds. The number of aryl methyl sites for hydroxylation is 1. The van der Waals surface area contributed by atoms with Crippen molar-refractivity contribution in [3.8, 4) is 0 Å². The van der Waals surface area contributed by atoms with Crippen LogP contribution in [0.3, 0.4) is 0 Å². The fourth-order valence-corrected chi connectivity index (χ4v) is 1.84. The van der Waals surface area contributed by atoms with E-state index >= 15 is 0 Å². The van der Waals surface area contributed by atoms with Crippen LogP contribution in [0, 0.1) is 6.92 Å². The molecule has 1 aliphatic carbocycles. The summed E-state index contributed by atoms with van der Waals surface area (Å²) in [5.74, 6) is 0.252. The van der Waals surface area contributed by atoms with Crippen molar-refractivity contribution >= 4 is 11.4 Å². The van der Waals surface area contributed by atoms with Gasteiger partial charge >= 0.3 is 0 Å². The molecule has 0 bridgehead atoms. The van der Waals surface area contributed by atoms with Gasteiger partial charge in [0.1, 0.15) is 0 Å². The Bertz CT molecular complexity index is 393. The van der Waals surface area contributed by atoms with Gasteiger partial charge in [0.15, 0.2) is 5.78 Å². The zero-order chi connectivity index (χ0) is 9.97. The van der Waals surface area contributed by atoms with Gasteiger partial charge in [-0.1, -0.05) is 0 Å². The van der Waals surface area contributed by atoms with Crippen LogP contribution in [-0.4, -0.2) is 10.8 Å². The molecule has 0 spiro atoms. The summed E-state index contributed by atoms with van der Waals surface area (Å²) in [4.78, 5) is 15.3. The number of nitrogens with zero attached hydrogens (tertiary/aromatic N) is 1. The second-order valence-corrected chi connectivity index (χ2v) is 3.68. The lowest BCUT2D eigenvalue weighted by Crippen LogP contribution is -2.03. The molecule has 2 rings (SSSR count). The number of hydrogen-bond donors (Lipinski definition) is 0. The minimum Gasteiger partial charge on any atom is -0.295 e. The van der Waals surface area contributed by atoms with Crippen LogP contribution in [0.15, 0.2) is 24.5 Å². The van der Waals surface area contributed by atoms with E-state index in [4.69, 9.17) is 0 Å². The first kappa shape index (κ1) is 9.13. The Hall–Kier alpha value is -1.44. The Morgan fingerprint density at radius 1 is 1.36 bits per heavy atom. The van der Waals surface area contributed by atoms with Crippen LogP contribution in [0.25, 0.3) is 5.57 Å². The Morgan fingerprint density at radius 3 is 2.93 bits per heavy atom. The topological polar surface area (TPSA) is 30.0 Å². The van der Waals surface area contributed by atoms with Crippen molar-refractivity contribution in [3.63, 3.8) is 0 Å². The third-order valence-corrected chi connectivity index (χ3v) is 2.57. The predicted molar refractivity (Wildman–Crippen MR) is 55.8 cm³/mol. The van der Waals surface area contributed by atoms with Crippen molar-refractivity contribution in [1.29, 1.82) is 0 Å². The van der Waals surface area contributed by atoms with Crippen LogP contribution in [0.2, 0.25) is 0 Å². The third-order valence-electron chi connectivity index (χ3n) is 2.57. The van der Waals surface area contributed by atoms with E-state index in [9.17, 15) is 4.79 Å². The Labute approximate surface area is 83.7 Å². The normalized spacial score (nSPS) is 16.6. The van der Waals surface area contributed by atoms with Gasteiger partial charge < -0.3 is 0 Å². The van der Waals surface area contributed by atoms with Gasteiger partial charge in [-0.2, -0.15) is 0 Å². The first-order chi connectivity index (χ1) is 6.77. The molecule has 0 aromatic carbocycles. The summed E-state index contributed by atoms with van der Waals surface area (Å²) < 4.78 is 0. The first-order valence-electron chi connectivity index (χ1n) is 4.92. The molecule has 14 heavy (non-hydrogen) atoms. The predicted octanol–water partition coefficient (Wildman–Crippen LogP) is 2.53. The lowest BCUT2D eigenvalue weighted by molar-refractivity contribution is -0.114. The van der Waals surface area contributed by atoms with E-state index in [1.54, 1.807) is 12.3 Å². The molecular weight excluding hydrogens is 174 g/mol. The molecule has 0 saturated heterocycles. The smallest absolute Gasteiger partial charge is 0.155 e. The summed E-state index contributed by atoms with van der Waals surface area (Å²) >= 11 is 0. The van der Waals surface area contributed by atoms with Gasteiger partial charge in [-0.05, 0) is 48.6 Å². The second-order valence-electron chi connectivity index (χ2n) is 3.68. The Kier molecular flexibility index (Phi) is 2.44. The van der Waals surface area contributed by atoms with Crippen molar-refractivity contribution < 1.29 is 4.79 Å². The maximum absolute atomic E-state index is 11.3. The number of carbonyl (C=O) groups is 1. The van der Waals surface area contributed by atoms with Gasteiger partial charge in [0.2, 0.25) is 0 Å². The highest BCUT2D eigenvalue weighted by Crippen LogP contribution is 2.26. The standard InChI is InChI=1S/C12H13NO/c1-9-8-13-6-5-12(9)10-3-2-4-11(14)7-10/h5-8H,2-4H2,1H3. The quantitative estimate of drug-likeness (QED) is 0.676. The Morgan fingerprint density at radius 2 is 2.21 bits per heavy atom. The van der Waals surface area contributed by atoms with Gasteiger partial charge in [-0.25, -0.2) is 0 Å². The number of carbonyl (C=O) groups excluding carboxylic acids is 1. The van der Waals surface area contributed by atoms with Crippen LogP contribution in [0.5, 0.6) is 0 Å². The van der Waals surface area contributed by atoms with Gasteiger partial charge in [0.25, 0.3) is 0 Å². The van der Waals surface area contributed by atoms with Crippen molar-refractivity contribution in [2.75, 3.05) is 0 Å². The number of rotatable bonds is 1. The van der Waals surface area contributed by atoms with Crippen LogP contribution in [-0.2, 0) is 4.79 Å². The highest BCUT2D eigenvalue weighted by Gasteiger charge is 2.12. The van der Waals surface area contributed by atoms with Crippen LogP contribution >= 0.6 is 0 Å². The Balaban J connectivity index is 2.40. The summed E-state index contributed by atoms with van der Waals surface area (Å²) in [6.07, 6.45) is 8.10. The number of hydrogen-bond acceptors (Lipinski definition) is 2. The molecule has 1 aliphatic rings. The van der Waals surface area contributed by atoms with Crippen molar-refractivity contribution in [2.45, 2.75) is 26.2 Å². The monoisotopic (exact) mass is 187 g/mol. The maximum Gasteiger partial charge on any atom is 0.155 e. The number of allylic oxidation sites excluding steroid dienone is 2. The van der Waals surface area contributed by atoms with E-state index in [0.29, 0.717) is 6.42 Å². The van der Waals surface area contributed by atoms with Gasteiger partial charge in [-0.15, -0.1) is 0 Å². The van der Waals surface area contributed by atoms with E-state index in [1.807, 2.05) is 19.2 Å². The minimum absolute atomic E-state index is 0.252. The van der Waals surface area contributed by atoms with E-state index in [-0.39, 0.29) is 5.78 Å². The summed E-state index contributed by atoms with van der Waals surface area (Å²) in [6.45, 7) is 2.03. The van der Waals surface area contributed by atoms with Crippen LogP contribution in [0.4, 0.5) is 0 Å². The zero-order valence-corrected chi connectivity index (χ0v) is 8.29. The summed E-state index contributed by atoms with van der Waals surface area (Å²) in [5, 5.41) is 0. The van der Waals surface area contributed by atoms with Gasteiger partial charge in [0, 0.05) is 18.8 Å². The highest BCUT2D eigenvalue weighted by molar-refractivity contribution is 5.98. The molecule has 2 heteroatoms. The van der Waals surface area contributed by atoms with Crippen molar-refractivity contribution in [1.82, 2.24) is 4.98 Å². The molecule has 0 fully saturated rings. The van der Waals surface area contributed by atoms with Crippen molar-refractivity contribution in [3.05, 3.63) is 35.7 Å². The number of pyridine rings is 1. The molecule has 1 heterocycles. The molecule has 1 aromatic rings. The van der Waals surface area contributed by atoms with Crippen LogP contribution < -0.4 is 0 Å². The fourth-order valence-electron chi connectivity index (χ4n) is 1.84. The first-order valence-corrected chi connectivity index (χ1v) is 4.92. The molecule has 0 atom stereocenters. The number of ketones is 1. The minimum atomic E-state index is 0.252. The van der Waals surface area contributed by atoms with Crippen molar-refractivity contribution in [2.24, 2.45) is 0 Å². The maximum atomic E-state index is 11.3. The molecular formula is C12H13NO. The number of aromatic nitrogens is 1. The van der Waals surface area contributed by atoms with Gasteiger partial charge in [0.05, 0.1) is 0 Å². The van der Waals surface area contributed by atoms with E-state index in [1.165, 1.54) is 11.1 Å². The van der Waals surface area contributed by atoms with E-state index < -0.39 is 0 Å². The summed E-state index contributed by atoms with van der Waals surface area (Å²) in [5.41, 5.74) is 3.49. The fraction of sp³-hybridized carbons (Fsp3) is 0.333. The van der Waals surface area contributed by atoms with Crippen LogP contribution in [0.1, 0.15) is 30.4 Å². The molecule has 0 unspecified atom stereocenters. The lowest BCUT2D eigenvalue weighted by Gasteiger charge is -2.13. The molecule has 0 aliphatic heterocycles. The second kappa shape index (κ2) is 3.74. The zero-order valence-electron chi connectivity index (χ0n) is 8.29. The molecule has 2 nitrogen and oxygen atoms in total. The largest absolute Gasteiger partial charge is 0.295 e. The SMILES string of the molecule is Cc1cnccc1C1=CC(=O)CCC1. The molecule has 0 radical (unpaired) electrons. The lowest BCUT2D eigenvalue weighted by atomic mass is 9.91. The summed E-state index contributed by atoms with van der Waals surface area (Å²) in [7, 11) is 0. The van der Waals surface area contributed by atoms with Gasteiger partial charge in [-0.3, -0.25) is 9.78 Å². The molecule has 0 N–H and O–H groups in total. The molecule has 1 aromatic heterocycles. The molecule has 0 saturated carbocycles. The highest BCUT2D eigenvalue weighted by atomic mass is 16.1. The van der Waals surface area contributed by atoms with E-state index in [2.05, 4.69) is 4.98 Å². The molecule has 72 valence electrons. The summed E-state index contributed by atoms with van der Waals surface area (Å²) in [6, 6.07) is 1.99. The van der Waals surface area contributed by atoms with E-state index in [0.717, 1.165) is 18.4 Å².